The third-order valence-corrected chi connectivity index (χ3v) is 7.20. The van der Waals surface area contributed by atoms with Gasteiger partial charge in [-0.2, -0.15) is 0 Å². The molecule has 1 aliphatic heterocycles. The predicted molar refractivity (Wildman–Crippen MR) is 136 cm³/mol. The van der Waals surface area contributed by atoms with E-state index < -0.39 is 6.10 Å². The van der Waals surface area contributed by atoms with Gasteiger partial charge < -0.3 is 14.6 Å². The highest BCUT2D eigenvalue weighted by atomic mass is 16.6. The summed E-state index contributed by atoms with van der Waals surface area (Å²) >= 11 is 0. The van der Waals surface area contributed by atoms with E-state index in [-0.39, 0.29) is 36.0 Å². The van der Waals surface area contributed by atoms with Gasteiger partial charge in [-0.25, -0.2) is 4.79 Å². The number of rotatable bonds is 11. The second-order valence-electron chi connectivity index (χ2n) is 9.75. The molecular formula is C30H36O5. The van der Waals surface area contributed by atoms with Crippen LogP contribution in [0.15, 0.2) is 66.7 Å². The highest BCUT2D eigenvalue weighted by Crippen LogP contribution is 2.43. The molecule has 1 saturated heterocycles. The normalized spacial score (nSPS) is 24.3. The summed E-state index contributed by atoms with van der Waals surface area (Å²) in [6.45, 7) is 2.19. The maximum atomic E-state index is 12.9. The number of hydrogen-bond donors (Lipinski definition) is 1. The average molecular weight is 477 g/mol. The Morgan fingerprint density at radius 3 is 2.51 bits per heavy atom. The minimum atomic E-state index is -0.532. The zero-order valence-electron chi connectivity index (χ0n) is 20.5. The van der Waals surface area contributed by atoms with Gasteiger partial charge in [-0.3, -0.25) is 4.79 Å². The van der Waals surface area contributed by atoms with Crippen molar-refractivity contribution >= 4 is 11.9 Å². The van der Waals surface area contributed by atoms with Gasteiger partial charge in [0.2, 0.25) is 0 Å². The summed E-state index contributed by atoms with van der Waals surface area (Å²) in [5, 5.41) is 10.4. The summed E-state index contributed by atoms with van der Waals surface area (Å²) in [6.07, 6.45) is 9.88. The Hall–Kier alpha value is -2.92. The number of carbonyl (C=O) groups is 2. The highest BCUT2D eigenvalue weighted by molar-refractivity contribution is 5.90. The Labute approximate surface area is 208 Å². The van der Waals surface area contributed by atoms with Gasteiger partial charge in [-0.1, -0.05) is 93.6 Å². The van der Waals surface area contributed by atoms with Crippen LogP contribution in [0.1, 0.15) is 68.6 Å². The lowest BCUT2D eigenvalue weighted by molar-refractivity contribution is -0.141. The van der Waals surface area contributed by atoms with Crippen LogP contribution in [0.2, 0.25) is 0 Å². The van der Waals surface area contributed by atoms with E-state index in [4.69, 9.17) is 9.47 Å². The third kappa shape index (κ3) is 6.61. The molecule has 0 bridgehead atoms. The maximum Gasteiger partial charge on any atom is 0.338 e. The molecule has 1 saturated carbocycles. The van der Waals surface area contributed by atoms with Crippen LogP contribution in [0.5, 0.6) is 0 Å². The Kier molecular flexibility index (Phi) is 8.75. The number of esters is 2. The molecule has 4 rings (SSSR count). The van der Waals surface area contributed by atoms with Gasteiger partial charge >= 0.3 is 11.9 Å². The van der Waals surface area contributed by atoms with Crippen molar-refractivity contribution in [2.45, 2.75) is 76.6 Å². The van der Waals surface area contributed by atoms with Gasteiger partial charge in [-0.15, -0.1) is 0 Å². The molecular weight excluding hydrogens is 440 g/mol. The lowest BCUT2D eigenvalue weighted by Crippen LogP contribution is -2.25. The quantitative estimate of drug-likeness (QED) is 0.241. The summed E-state index contributed by atoms with van der Waals surface area (Å²) in [4.78, 5) is 24.8. The van der Waals surface area contributed by atoms with Crippen molar-refractivity contribution in [1.82, 2.24) is 0 Å². The summed E-state index contributed by atoms with van der Waals surface area (Å²) in [7, 11) is 0. The van der Waals surface area contributed by atoms with Gasteiger partial charge in [0, 0.05) is 18.3 Å². The van der Waals surface area contributed by atoms with Crippen molar-refractivity contribution in [3.63, 3.8) is 0 Å². The summed E-state index contributed by atoms with van der Waals surface area (Å²) < 4.78 is 11.4. The first kappa shape index (κ1) is 25.2. The van der Waals surface area contributed by atoms with Crippen LogP contribution in [0.4, 0.5) is 0 Å². The van der Waals surface area contributed by atoms with Crippen LogP contribution in [-0.4, -0.2) is 35.4 Å². The lowest BCUT2D eigenvalue weighted by atomic mass is 9.91. The summed E-state index contributed by atoms with van der Waals surface area (Å²) in [5.74, 6) is -0.741. The van der Waals surface area contributed by atoms with E-state index in [0.29, 0.717) is 24.8 Å². The predicted octanol–water partition coefficient (Wildman–Crippen LogP) is 6.11. The first-order chi connectivity index (χ1) is 17.0. The molecule has 5 heteroatoms. The molecule has 0 aromatic heterocycles. The average Bonchev–Trinajstić information content (AvgIpc) is 3.38. The number of fused-ring (bicyclic) bond motifs is 1. The Balaban J connectivity index is 1.38. The van der Waals surface area contributed by atoms with Crippen molar-refractivity contribution < 1.29 is 24.2 Å². The molecule has 2 aliphatic rings. The topological polar surface area (TPSA) is 72.8 Å². The highest BCUT2D eigenvalue weighted by Gasteiger charge is 2.50. The molecule has 2 aromatic rings. The van der Waals surface area contributed by atoms with Gasteiger partial charge in [0.05, 0.1) is 18.1 Å². The second kappa shape index (κ2) is 12.2. The number of unbranched alkanes of at least 4 members (excludes halogenated alkanes) is 4. The van der Waals surface area contributed by atoms with E-state index in [1.54, 1.807) is 12.1 Å². The van der Waals surface area contributed by atoms with Crippen LogP contribution in [-0.2, 0) is 14.3 Å². The molecule has 1 aliphatic carbocycles. The number of ether oxygens (including phenoxy) is 2. The smallest absolute Gasteiger partial charge is 0.338 e. The number of carbonyl (C=O) groups excluding carboxylic acids is 2. The van der Waals surface area contributed by atoms with E-state index in [2.05, 4.69) is 6.92 Å². The van der Waals surface area contributed by atoms with E-state index in [1.165, 1.54) is 19.3 Å². The SMILES string of the molecule is CCCCCCCC(O)C=C[C@@H]1[C@H]2CC(=O)O[C@H]2C[C@H]1OC(=O)c1ccc(-c2ccccc2)cc1. The number of hydrogen-bond acceptors (Lipinski definition) is 5. The molecule has 35 heavy (non-hydrogen) atoms. The number of aliphatic hydroxyl groups excluding tert-OH is 1. The van der Waals surface area contributed by atoms with Gasteiger partial charge in [-0.05, 0) is 29.7 Å². The molecule has 5 nitrogen and oxygen atoms in total. The summed E-state index contributed by atoms with van der Waals surface area (Å²) in [6, 6.07) is 17.4. The van der Waals surface area contributed by atoms with Crippen LogP contribution < -0.4 is 0 Å². The molecule has 186 valence electrons. The molecule has 5 atom stereocenters. The maximum absolute atomic E-state index is 12.9. The Morgan fingerprint density at radius 2 is 1.77 bits per heavy atom. The van der Waals surface area contributed by atoms with Crippen LogP contribution in [0.3, 0.4) is 0 Å². The van der Waals surface area contributed by atoms with Gasteiger partial charge in [0.1, 0.15) is 12.2 Å². The van der Waals surface area contributed by atoms with Crippen molar-refractivity contribution in [3.8, 4) is 11.1 Å². The number of aliphatic hydroxyl groups is 1. The zero-order valence-corrected chi connectivity index (χ0v) is 20.5. The van der Waals surface area contributed by atoms with Crippen LogP contribution in [0.25, 0.3) is 11.1 Å². The largest absolute Gasteiger partial charge is 0.462 e. The molecule has 1 heterocycles. The molecule has 2 fully saturated rings. The van der Waals surface area contributed by atoms with E-state index >= 15 is 0 Å². The fraction of sp³-hybridized carbons (Fsp3) is 0.467. The summed E-state index contributed by atoms with van der Waals surface area (Å²) in [5.41, 5.74) is 2.62. The van der Waals surface area contributed by atoms with Gasteiger partial charge in [0.15, 0.2) is 0 Å². The fourth-order valence-corrected chi connectivity index (χ4v) is 5.23. The van der Waals surface area contributed by atoms with Crippen molar-refractivity contribution in [3.05, 3.63) is 72.3 Å². The molecule has 2 aromatic carbocycles. The minimum absolute atomic E-state index is 0.0197. The first-order valence-corrected chi connectivity index (χ1v) is 13.0. The standard InChI is InChI=1S/C30H36O5/c1-2-3-4-5-9-12-24(31)17-18-25-26-19-29(32)34-28(26)20-27(25)35-30(33)23-15-13-22(14-16-23)21-10-7-6-8-11-21/h6-8,10-11,13-18,24-28,31H,2-5,9,12,19-20H2,1H3/t24?,25-,26-,27-,28+/m1/s1. The molecule has 0 radical (unpaired) electrons. The van der Waals surface area contributed by atoms with Gasteiger partial charge in [0.25, 0.3) is 0 Å². The third-order valence-electron chi connectivity index (χ3n) is 7.20. The zero-order chi connectivity index (χ0) is 24.6. The first-order valence-electron chi connectivity index (χ1n) is 13.0. The van der Waals surface area contributed by atoms with Crippen molar-refractivity contribution in [1.29, 1.82) is 0 Å². The minimum Gasteiger partial charge on any atom is -0.462 e. The van der Waals surface area contributed by atoms with Crippen LogP contribution in [0, 0.1) is 11.8 Å². The van der Waals surface area contributed by atoms with Crippen LogP contribution >= 0.6 is 0 Å². The molecule has 1 unspecified atom stereocenters. The second-order valence-corrected chi connectivity index (χ2v) is 9.75. The lowest BCUT2D eigenvalue weighted by Gasteiger charge is -2.20. The van der Waals surface area contributed by atoms with Crippen molar-refractivity contribution in [2.24, 2.45) is 11.8 Å². The molecule has 1 N–H and O–H groups in total. The molecule has 0 spiro atoms. The monoisotopic (exact) mass is 476 g/mol. The Bertz CT molecular complexity index is 997. The fourth-order valence-electron chi connectivity index (χ4n) is 5.23. The van der Waals surface area contributed by atoms with E-state index in [0.717, 1.165) is 24.0 Å². The number of benzene rings is 2. The van der Waals surface area contributed by atoms with Crippen molar-refractivity contribution in [2.75, 3.05) is 0 Å². The Morgan fingerprint density at radius 1 is 1.06 bits per heavy atom. The van der Waals surface area contributed by atoms with E-state index in [1.807, 2.05) is 54.6 Å². The molecule has 0 amide bonds. The van der Waals surface area contributed by atoms with E-state index in [9.17, 15) is 14.7 Å².